The van der Waals surface area contributed by atoms with E-state index in [1.165, 1.54) is 23.4 Å². The summed E-state index contributed by atoms with van der Waals surface area (Å²) in [6.45, 7) is 5.05. The van der Waals surface area contributed by atoms with Gasteiger partial charge < -0.3 is 14.4 Å². The lowest BCUT2D eigenvalue weighted by Crippen LogP contribution is -2.06. The Morgan fingerprint density at radius 2 is 1.88 bits per heavy atom. The first-order chi connectivity index (χ1) is 20.5. The van der Waals surface area contributed by atoms with Gasteiger partial charge in [0.2, 0.25) is 0 Å². The third kappa shape index (κ3) is 4.75. The van der Waals surface area contributed by atoms with Crippen LogP contribution >= 0.6 is 11.3 Å². The van der Waals surface area contributed by atoms with E-state index in [0.717, 1.165) is 81.0 Å². The van der Waals surface area contributed by atoms with E-state index in [-0.39, 0.29) is 0 Å². The lowest BCUT2D eigenvalue weighted by atomic mass is 10.0. The minimum absolute atomic E-state index is 0.326. The average Bonchev–Trinajstić information content (AvgIpc) is 3.74. The number of imidazole rings is 2. The molecule has 0 bridgehead atoms. The van der Waals surface area contributed by atoms with Gasteiger partial charge in [-0.3, -0.25) is 4.40 Å². The van der Waals surface area contributed by atoms with Gasteiger partial charge in [-0.25, -0.2) is 14.8 Å². The summed E-state index contributed by atoms with van der Waals surface area (Å²) in [5.41, 5.74) is 9.69. The summed E-state index contributed by atoms with van der Waals surface area (Å²) >= 11 is 1.83. The third-order valence-corrected chi connectivity index (χ3v) is 9.34. The summed E-state index contributed by atoms with van der Waals surface area (Å²) < 4.78 is 9.66. The molecule has 7 rings (SSSR count). The van der Waals surface area contributed by atoms with Gasteiger partial charge in [-0.2, -0.15) is 0 Å². The van der Waals surface area contributed by atoms with Crippen LogP contribution in [0.1, 0.15) is 53.7 Å². The first kappa shape index (κ1) is 26.5. The second kappa shape index (κ2) is 10.8. The number of nitrogens with zero attached hydrogens (tertiary/aromatic N) is 4. The van der Waals surface area contributed by atoms with Gasteiger partial charge in [-0.1, -0.05) is 55.8 Å². The van der Waals surface area contributed by atoms with Gasteiger partial charge in [0, 0.05) is 40.9 Å². The van der Waals surface area contributed by atoms with Crippen LogP contribution in [-0.4, -0.2) is 30.2 Å². The summed E-state index contributed by atoms with van der Waals surface area (Å²) in [6.07, 6.45) is 7.54. The molecule has 7 nitrogen and oxygen atoms in total. The molecular weight excluding hydrogens is 544 g/mol. The predicted molar refractivity (Wildman–Crippen MR) is 167 cm³/mol. The van der Waals surface area contributed by atoms with Crippen molar-refractivity contribution >= 4 is 33.5 Å². The van der Waals surface area contributed by atoms with E-state index in [9.17, 15) is 4.79 Å². The topological polar surface area (TPSA) is 81.7 Å². The normalized spacial score (nSPS) is 12.8. The van der Waals surface area contributed by atoms with Crippen molar-refractivity contribution in [1.29, 1.82) is 0 Å². The zero-order chi connectivity index (χ0) is 28.8. The van der Waals surface area contributed by atoms with Crippen LogP contribution in [0.5, 0.6) is 5.75 Å². The minimum atomic E-state index is -1.32. The molecule has 3 heterocycles. The summed E-state index contributed by atoms with van der Waals surface area (Å²) in [6, 6.07) is 19.9. The Balaban J connectivity index is 1.26. The van der Waals surface area contributed by atoms with Gasteiger partial charge in [-0.15, -0.1) is 11.3 Å². The van der Waals surface area contributed by atoms with Crippen molar-refractivity contribution in [3.63, 3.8) is 0 Å². The zero-order valence-electron chi connectivity index (χ0n) is 23.8. The number of hydrogen-bond acceptors (Lipinski definition) is 5. The van der Waals surface area contributed by atoms with E-state index in [4.69, 9.17) is 19.8 Å². The quantitative estimate of drug-likeness (QED) is 0.146. The first-order valence-electron chi connectivity index (χ1n) is 14.6. The lowest BCUT2D eigenvalue weighted by molar-refractivity contribution is 0.144. The molecule has 6 aromatic rings. The van der Waals surface area contributed by atoms with E-state index in [1.807, 2.05) is 35.6 Å². The van der Waals surface area contributed by atoms with Crippen molar-refractivity contribution in [3.8, 4) is 28.1 Å². The third-order valence-electron chi connectivity index (χ3n) is 8.18. The minimum Gasteiger partial charge on any atom is -0.449 e. The summed E-state index contributed by atoms with van der Waals surface area (Å²) in [4.78, 5) is 23.9. The van der Waals surface area contributed by atoms with Crippen molar-refractivity contribution in [2.24, 2.45) is 0 Å². The van der Waals surface area contributed by atoms with Crippen molar-refractivity contribution in [1.82, 2.24) is 18.9 Å². The van der Waals surface area contributed by atoms with Gasteiger partial charge in [0.1, 0.15) is 11.6 Å². The van der Waals surface area contributed by atoms with E-state index >= 15 is 0 Å². The fourth-order valence-electron chi connectivity index (χ4n) is 6.09. The number of hydrogen-bond donors (Lipinski definition) is 1. The highest BCUT2D eigenvalue weighted by Gasteiger charge is 2.21. The number of thiazole rings is 1. The molecule has 0 atom stereocenters. The Morgan fingerprint density at radius 3 is 2.69 bits per heavy atom. The molecule has 0 amide bonds. The highest BCUT2D eigenvalue weighted by molar-refractivity contribution is 7.17. The smallest absolute Gasteiger partial charge is 0.449 e. The highest BCUT2D eigenvalue weighted by Crippen LogP contribution is 2.35. The van der Waals surface area contributed by atoms with Crippen LogP contribution in [0.4, 0.5) is 4.79 Å². The summed E-state index contributed by atoms with van der Waals surface area (Å²) in [5.74, 6) is 1.42. The molecule has 0 unspecified atom stereocenters. The predicted octanol–water partition coefficient (Wildman–Crippen LogP) is 8.32. The van der Waals surface area contributed by atoms with Crippen molar-refractivity contribution in [3.05, 3.63) is 94.4 Å². The Morgan fingerprint density at radius 1 is 1.05 bits per heavy atom. The Kier molecular flexibility index (Phi) is 6.78. The fraction of sp³-hybridized carbons (Fsp3) is 0.265. The zero-order valence-corrected chi connectivity index (χ0v) is 24.6. The molecule has 212 valence electrons. The number of benzene rings is 3. The number of ether oxygens (including phenoxy) is 1. The molecule has 1 aliphatic rings. The lowest BCUT2D eigenvalue weighted by Gasteiger charge is -2.12. The molecule has 3 aromatic carbocycles. The van der Waals surface area contributed by atoms with E-state index in [2.05, 4.69) is 53.3 Å². The van der Waals surface area contributed by atoms with E-state index in [1.54, 1.807) is 12.1 Å². The monoisotopic (exact) mass is 576 g/mol. The number of fused-ring (bicyclic) bond motifs is 4. The molecule has 0 aliphatic heterocycles. The van der Waals surface area contributed by atoms with Gasteiger partial charge in [-0.05, 0) is 67.5 Å². The van der Waals surface area contributed by atoms with Crippen LogP contribution < -0.4 is 4.74 Å². The maximum Gasteiger partial charge on any atom is 0.511 e. The molecule has 0 fully saturated rings. The molecule has 0 saturated heterocycles. The number of carboxylic acid groups (broad SMARTS) is 1. The second-order valence-corrected chi connectivity index (χ2v) is 12.1. The summed E-state index contributed by atoms with van der Waals surface area (Å²) in [7, 11) is 0. The molecule has 0 radical (unpaired) electrons. The second-order valence-electron chi connectivity index (χ2n) is 11.0. The van der Waals surface area contributed by atoms with E-state index < -0.39 is 6.16 Å². The molecule has 0 spiro atoms. The molecule has 42 heavy (non-hydrogen) atoms. The van der Waals surface area contributed by atoms with Crippen LogP contribution in [0, 0.1) is 6.92 Å². The van der Waals surface area contributed by atoms with Gasteiger partial charge in [0.05, 0.1) is 16.7 Å². The maximum absolute atomic E-state index is 11.2. The number of aryl methyl sites for hydroxylation is 4. The Bertz CT molecular complexity index is 1950. The molecule has 0 saturated carbocycles. The standard InChI is InChI=1S/C34H32N4O3S/c1-3-4-12-31-36-32-21(2)17-24(26-20-38-27-9-7-11-30(27)42-33(38)35-26)18-28(32)37(31)19-22-13-15-23(16-14-22)25-8-5-6-10-29(25)41-34(39)40/h5-6,8,10,13-18,20H,3-4,7,9,11-12,19H2,1-2H3,(H,39,40). The van der Waals surface area contributed by atoms with Crippen LogP contribution in [0.3, 0.4) is 0 Å². The van der Waals surface area contributed by atoms with Crippen LogP contribution in [-0.2, 0) is 25.8 Å². The van der Waals surface area contributed by atoms with Crippen LogP contribution in [0.15, 0.2) is 66.9 Å². The SMILES string of the molecule is CCCCc1nc2c(C)cc(-c3cn4c5c(sc4n3)CCC5)cc2n1Cc1ccc(-c2ccccc2OC(=O)O)cc1. The van der Waals surface area contributed by atoms with Crippen LogP contribution in [0.2, 0.25) is 0 Å². The number of aromatic nitrogens is 4. The van der Waals surface area contributed by atoms with Gasteiger partial charge in [0.15, 0.2) is 4.96 Å². The van der Waals surface area contributed by atoms with Crippen molar-refractivity contribution in [2.75, 3.05) is 0 Å². The van der Waals surface area contributed by atoms with Crippen LogP contribution in [0.25, 0.3) is 38.4 Å². The Hall–Kier alpha value is -4.43. The van der Waals surface area contributed by atoms with Gasteiger partial charge >= 0.3 is 6.16 Å². The largest absolute Gasteiger partial charge is 0.511 e. The number of rotatable bonds is 8. The number of para-hydroxylation sites is 1. The van der Waals surface area contributed by atoms with Crippen molar-refractivity contribution in [2.45, 2.75) is 58.9 Å². The van der Waals surface area contributed by atoms with E-state index in [0.29, 0.717) is 12.3 Å². The Labute approximate surface area is 248 Å². The molecule has 1 N–H and O–H groups in total. The van der Waals surface area contributed by atoms with Crippen molar-refractivity contribution < 1.29 is 14.6 Å². The maximum atomic E-state index is 11.2. The first-order valence-corrected chi connectivity index (χ1v) is 15.4. The molecule has 8 heteroatoms. The number of carbonyl (C=O) groups is 1. The molecule has 3 aromatic heterocycles. The van der Waals surface area contributed by atoms with Gasteiger partial charge in [0.25, 0.3) is 0 Å². The molecular formula is C34H32N4O3S. The average molecular weight is 577 g/mol. The summed E-state index contributed by atoms with van der Waals surface area (Å²) in [5, 5.41) is 9.14. The number of unbranched alkanes of at least 4 members (excludes halogenated alkanes) is 1. The molecule has 1 aliphatic carbocycles. The fourth-order valence-corrected chi connectivity index (χ4v) is 7.28. The highest BCUT2D eigenvalue weighted by atomic mass is 32.1.